The number of ether oxygens (including phenoxy) is 1. The number of nitrogens with zero attached hydrogens (tertiary/aromatic N) is 2. The van der Waals surface area contributed by atoms with Gasteiger partial charge in [-0.1, -0.05) is 84.9 Å². The van der Waals surface area contributed by atoms with Gasteiger partial charge in [-0.25, -0.2) is 0 Å². The number of furan rings is 1. The summed E-state index contributed by atoms with van der Waals surface area (Å²) in [5.41, 5.74) is 6.11. The van der Waals surface area contributed by atoms with Gasteiger partial charge in [0.25, 0.3) is 5.95 Å². The molecule has 6 rings (SSSR count). The second kappa shape index (κ2) is 10.6. The van der Waals surface area contributed by atoms with Gasteiger partial charge in [0.1, 0.15) is 12.0 Å². The molecule has 0 radical (unpaired) electrons. The Morgan fingerprint density at radius 2 is 1.46 bits per heavy atom. The third-order valence-electron chi connectivity index (χ3n) is 6.86. The van der Waals surface area contributed by atoms with Crippen molar-refractivity contribution in [1.82, 2.24) is 9.97 Å². The molecule has 3 heterocycles. The molecule has 0 bridgehead atoms. The van der Waals surface area contributed by atoms with E-state index in [1.165, 1.54) is 0 Å². The predicted octanol–water partition coefficient (Wildman–Crippen LogP) is 8.72. The van der Waals surface area contributed by atoms with Gasteiger partial charge < -0.3 is 9.15 Å². The molecule has 0 fully saturated rings. The highest BCUT2D eigenvalue weighted by Crippen LogP contribution is 2.45. The molecule has 0 aliphatic rings. The Morgan fingerprint density at radius 3 is 2.23 bits per heavy atom. The fraction of sp³-hybridized carbons (Fsp3) is 0.0286. The molecule has 6 aromatic rings. The van der Waals surface area contributed by atoms with Crippen molar-refractivity contribution in [3.05, 3.63) is 169 Å². The Hall–Kier alpha value is -5.22. The maximum Gasteiger partial charge on any atom is 0.290 e. The summed E-state index contributed by atoms with van der Waals surface area (Å²) in [4.78, 5) is 9.22. The van der Waals surface area contributed by atoms with Crippen LogP contribution < -0.4 is 4.74 Å². The van der Waals surface area contributed by atoms with Gasteiger partial charge in [-0.2, -0.15) is 0 Å². The number of benzene rings is 3. The lowest BCUT2D eigenvalue weighted by atomic mass is 9.69. The molecule has 0 amide bonds. The number of pyridine rings is 2. The summed E-state index contributed by atoms with van der Waals surface area (Å²) in [6, 6.07) is 40.4. The second-order valence-electron chi connectivity index (χ2n) is 9.14. The Kier molecular flexibility index (Phi) is 6.59. The van der Waals surface area contributed by atoms with Gasteiger partial charge in [0.15, 0.2) is 0 Å². The highest BCUT2D eigenvalue weighted by molar-refractivity contribution is 5.73. The van der Waals surface area contributed by atoms with Crippen LogP contribution >= 0.6 is 0 Å². The molecule has 0 saturated heterocycles. The van der Waals surface area contributed by atoms with Crippen LogP contribution in [-0.2, 0) is 5.41 Å². The minimum atomic E-state index is -0.741. The van der Waals surface area contributed by atoms with Crippen molar-refractivity contribution in [2.75, 3.05) is 0 Å². The van der Waals surface area contributed by atoms with Crippen molar-refractivity contribution in [3.63, 3.8) is 0 Å². The molecule has 0 aliphatic carbocycles. The van der Waals surface area contributed by atoms with E-state index in [0.717, 1.165) is 39.2 Å². The highest BCUT2D eigenvalue weighted by Gasteiger charge is 2.37. The van der Waals surface area contributed by atoms with E-state index in [1.54, 1.807) is 12.5 Å². The first-order valence-electron chi connectivity index (χ1n) is 12.8. The molecule has 3 aromatic carbocycles. The molecule has 0 aliphatic heterocycles. The van der Waals surface area contributed by atoms with Gasteiger partial charge in [-0.3, -0.25) is 9.97 Å². The Balaban J connectivity index is 1.46. The average molecular weight is 507 g/mol. The van der Waals surface area contributed by atoms with E-state index >= 15 is 0 Å². The lowest BCUT2D eigenvalue weighted by Gasteiger charge is -2.33. The van der Waals surface area contributed by atoms with Crippen LogP contribution in [0.5, 0.6) is 11.7 Å². The van der Waals surface area contributed by atoms with E-state index in [2.05, 4.69) is 66.2 Å². The fourth-order valence-corrected chi connectivity index (χ4v) is 5.03. The molecule has 0 saturated carbocycles. The van der Waals surface area contributed by atoms with Crippen molar-refractivity contribution < 1.29 is 9.15 Å². The smallest absolute Gasteiger partial charge is 0.290 e. The van der Waals surface area contributed by atoms with Crippen LogP contribution in [0.2, 0.25) is 0 Å². The average Bonchev–Trinajstić information content (AvgIpc) is 3.48. The summed E-state index contributed by atoms with van der Waals surface area (Å²) in [6.45, 7) is 4.34. The zero-order valence-electron chi connectivity index (χ0n) is 21.3. The maximum atomic E-state index is 6.20. The SMILES string of the molecule is C=C[C@@](c1cccc(Oc2cc(-c3ccccn3)co2)c1)(c1ccccn1)c1ccccc1-c1ccccc1. The van der Waals surface area contributed by atoms with Crippen molar-refractivity contribution >= 4 is 0 Å². The topological polar surface area (TPSA) is 48.2 Å². The standard InChI is InChI=1S/C35H26N2O2/c1-2-35(33-20-9-11-22-37-33,31-18-7-6-17-30(31)26-13-4-3-5-14-26)28-15-12-16-29(24-28)39-34-23-27(25-38-34)32-19-8-10-21-36-32/h2-25H,1H2/t35-/m0/s1. The Morgan fingerprint density at radius 1 is 0.692 bits per heavy atom. The molecule has 0 spiro atoms. The number of aromatic nitrogens is 2. The molecule has 0 unspecified atom stereocenters. The fourth-order valence-electron chi connectivity index (χ4n) is 5.03. The van der Waals surface area contributed by atoms with Gasteiger partial charge in [-0.05, 0) is 58.7 Å². The molecule has 188 valence electrons. The summed E-state index contributed by atoms with van der Waals surface area (Å²) in [6.07, 6.45) is 7.20. The molecule has 4 heteroatoms. The van der Waals surface area contributed by atoms with Crippen molar-refractivity contribution in [3.8, 4) is 34.1 Å². The van der Waals surface area contributed by atoms with Crippen molar-refractivity contribution in [2.45, 2.75) is 5.41 Å². The van der Waals surface area contributed by atoms with E-state index in [9.17, 15) is 0 Å². The normalized spacial score (nSPS) is 12.4. The van der Waals surface area contributed by atoms with Crippen LogP contribution in [0.15, 0.2) is 157 Å². The van der Waals surface area contributed by atoms with E-state index in [1.807, 2.05) is 79.0 Å². The number of rotatable bonds is 8. The predicted molar refractivity (Wildman–Crippen MR) is 155 cm³/mol. The van der Waals surface area contributed by atoms with E-state index in [-0.39, 0.29) is 0 Å². The van der Waals surface area contributed by atoms with Crippen molar-refractivity contribution in [2.24, 2.45) is 0 Å². The van der Waals surface area contributed by atoms with Crippen LogP contribution in [0.1, 0.15) is 16.8 Å². The van der Waals surface area contributed by atoms with E-state index in [0.29, 0.717) is 11.7 Å². The summed E-state index contributed by atoms with van der Waals surface area (Å²) in [7, 11) is 0. The summed E-state index contributed by atoms with van der Waals surface area (Å²) in [5.74, 6) is 1.04. The van der Waals surface area contributed by atoms with E-state index in [4.69, 9.17) is 14.1 Å². The largest absolute Gasteiger partial charge is 0.433 e. The third kappa shape index (κ3) is 4.64. The van der Waals surface area contributed by atoms with Crippen LogP contribution in [-0.4, -0.2) is 9.97 Å². The molecule has 3 aromatic heterocycles. The Bertz CT molecular complexity index is 1700. The number of hydrogen-bond donors (Lipinski definition) is 0. The number of allylic oxidation sites excluding steroid dienone is 1. The van der Waals surface area contributed by atoms with Crippen LogP contribution in [0.3, 0.4) is 0 Å². The minimum Gasteiger partial charge on any atom is -0.433 e. The lowest BCUT2D eigenvalue weighted by molar-refractivity contribution is 0.346. The zero-order valence-corrected chi connectivity index (χ0v) is 21.3. The van der Waals surface area contributed by atoms with Gasteiger partial charge >= 0.3 is 0 Å². The molecule has 0 N–H and O–H groups in total. The van der Waals surface area contributed by atoms with Gasteiger partial charge in [0, 0.05) is 24.0 Å². The summed E-state index contributed by atoms with van der Waals surface area (Å²) >= 11 is 0. The molecular formula is C35H26N2O2. The monoisotopic (exact) mass is 506 g/mol. The Labute approximate surface area is 227 Å². The first-order valence-corrected chi connectivity index (χ1v) is 12.8. The maximum absolute atomic E-state index is 6.20. The van der Waals surface area contributed by atoms with Crippen LogP contribution in [0.4, 0.5) is 0 Å². The molecule has 4 nitrogen and oxygen atoms in total. The highest BCUT2D eigenvalue weighted by atomic mass is 16.6. The van der Waals surface area contributed by atoms with Crippen LogP contribution in [0.25, 0.3) is 22.4 Å². The minimum absolute atomic E-state index is 0.388. The van der Waals surface area contributed by atoms with Gasteiger partial charge in [0.2, 0.25) is 0 Å². The number of hydrogen-bond acceptors (Lipinski definition) is 4. The third-order valence-corrected chi connectivity index (χ3v) is 6.86. The van der Waals surface area contributed by atoms with Crippen molar-refractivity contribution in [1.29, 1.82) is 0 Å². The molecule has 1 atom stereocenters. The first kappa shape index (κ1) is 24.1. The first-order chi connectivity index (χ1) is 19.3. The molecule has 39 heavy (non-hydrogen) atoms. The summed E-state index contributed by atoms with van der Waals surface area (Å²) in [5, 5.41) is 0. The summed E-state index contributed by atoms with van der Waals surface area (Å²) < 4.78 is 11.9. The quantitative estimate of drug-likeness (QED) is 0.194. The van der Waals surface area contributed by atoms with Gasteiger partial charge in [0.05, 0.1) is 16.8 Å². The van der Waals surface area contributed by atoms with Gasteiger partial charge in [-0.15, -0.1) is 6.58 Å². The molecular weight excluding hydrogens is 480 g/mol. The second-order valence-corrected chi connectivity index (χ2v) is 9.14. The zero-order chi connectivity index (χ0) is 26.5. The van der Waals surface area contributed by atoms with Crippen LogP contribution in [0, 0.1) is 0 Å². The van der Waals surface area contributed by atoms with E-state index < -0.39 is 5.41 Å². The lowest BCUT2D eigenvalue weighted by Crippen LogP contribution is -2.28.